The Kier molecular flexibility index (Phi) is 9.30. The first kappa shape index (κ1) is 22.2. The van der Waals surface area contributed by atoms with Crippen molar-refractivity contribution in [2.75, 3.05) is 6.54 Å². The fourth-order valence-electron chi connectivity index (χ4n) is 2.73. The van der Waals surface area contributed by atoms with Crippen LogP contribution >= 0.6 is 35.6 Å². The lowest BCUT2D eigenvalue weighted by atomic mass is 10.2. The topological polar surface area (TPSA) is 54.2 Å². The summed E-state index contributed by atoms with van der Waals surface area (Å²) in [6.07, 6.45) is 3.82. The zero-order valence-corrected chi connectivity index (χ0v) is 18.9. The molecule has 0 saturated carbocycles. The quantitative estimate of drug-likeness (QED) is 0.281. The summed E-state index contributed by atoms with van der Waals surface area (Å²) in [6.45, 7) is 4.74. The van der Waals surface area contributed by atoms with E-state index in [0.717, 1.165) is 35.5 Å². The summed E-state index contributed by atoms with van der Waals surface area (Å²) in [5.41, 5.74) is 2.25. The van der Waals surface area contributed by atoms with Gasteiger partial charge >= 0.3 is 0 Å². The second kappa shape index (κ2) is 11.7. The Labute approximate surface area is 188 Å². The van der Waals surface area contributed by atoms with E-state index in [4.69, 9.17) is 11.6 Å². The SMILES string of the molecule is CCNC(=NCc1ccccc1Cl)NCc1nccn1Cc1ccccc1.I. The summed E-state index contributed by atoms with van der Waals surface area (Å²) in [6, 6.07) is 18.1. The summed E-state index contributed by atoms with van der Waals surface area (Å²) in [4.78, 5) is 9.10. The van der Waals surface area contributed by atoms with Gasteiger partial charge in [-0.2, -0.15) is 0 Å². The number of nitrogens with one attached hydrogen (secondary N) is 2. The number of benzene rings is 2. The predicted molar refractivity (Wildman–Crippen MR) is 126 cm³/mol. The van der Waals surface area contributed by atoms with E-state index in [1.54, 1.807) is 0 Å². The molecule has 0 unspecified atom stereocenters. The highest BCUT2D eigenvalue weighted by Gasteiger charge is 2.06. The van der Waals surface area contributed by atoms with E-state index in [9.17, 15) is 0 Å². The van der Waals surface area contributed by atoms with Crippen LogP contribution in [0.25, 0.3) is 0 Å². The number of hydrogen-bond donors (Lipinski definition) is 2. The van der Waals surface area contributed by atoms with Crippen molar-refractivity contribution >= 4 is 41.5 Å². The molecule has 2 aromatic carbocycles. The number of aromatic nitrogens is 2. The molecule has 0 fully saturated rings. The number of halogens is 2. The van der Waals surface area contributed by atoms with E-state index in [1.807, 2.05) is 49.6 Å². The van der Waals surface area contributed by atoms with Gasteiger partial charge < -0.3 is 15.2 Å². The molecule has 0 radical (unpaired) electrons. The van der Waals surface area contributed by atoms with E-state index >= 15 is 0 Å². The van der Waals surface area contributed by atoms with Crippen LogP contribution in [0.15, 0.2) is 72.0 Å². The van der Waals surface area contributed by atoms with Gasteiger partial charge in [0.15, 0.2) is 5.96 Å². The molecular formula is C21H25ClIN5. The molecule has 28 heavy (non-hydrogen) atoms. The maximum Gasteiger partial charge on any atom is 0.191 e. The third-order valence-electron chi connectivity index (χ3n) is 4.12. The summed E-state index contributed by atoms with van der Waals surface area (Å²) >= 11 is 6.22. The van der Waals surface area contributed by atoms with E-state index in [1.165, 1.54) is 5.56 Å². The number of imidazole rings is 1. The molecule has 1 aromatic heterocycles. The molecule has 0 aliphatic rings. The molecular weight excluding hydrogens is 485 g/mol. The van der Waals surface area contributed by atoms with Gasteiger partial charge in [0.2, 0.25) is 0 Å². The molecule has 0 spiro atoms. The second-order valence-electron chi connectivity index (χ2n) is 6.10. The summed E-state index contributed by atoms with van der Waals surface area (Å²) < 4.78 is 2.14. The van der Waals surface area contributed by atoms with Crippen molar-refractivity contribution in [1.82, 2.24) is 20.2 Å². The van der Waals surface area contributed by atoms with Crippen molar-refractivity contribution in [2.24, 2.45) is 4.99 Å². The van der Waals surface area contributed by atoms with Crippen LogP contribution in [-0.4, -0.2) is 22.1 Å². The maximum atomic E-state index is 6.22. The summed E-state index contributed by atoms with van der Waals surface area (Å²) in [5, 5.41) is 7.35. The highest BCUT2D eigenvalue weighted by atomic mass is 127. The van der Waals surface area contributed by atoms with Crippen LogP contribution in [0.5, 0.6) is 0 Å². The Morgan fingerprint density at radius 1 is 1.07 bits per heavy atom. The monoisotopic (exact) mass is 509 g/mol. The Bertz CT molecular complexity index is 879. The zero-order valence-electron chi connectivity index (χ0n) is 15.8. The lowest BCUT2D eigenvalue weighted by Crippen LogP contribution is -2.37. The third-order valence-corrected chi connectivity index (χ3v) is 4.49. The van der Waals surface area contributed by atoms with Crippen LogP contribution in [0.2, 0.25) is 5.02 Å². The number of hydrogen-bond acceptors (Lipinski definition) is 2. The first-order valence-corrected chi connectivity index (χ1v) is 9.43. The molecule has 2 N–H and O–H groups in total. The van der Waals surface area contributed by atoms with Crippen LogP contribution in [0.3, 0.4) is 0 Å². The second-order valence-corrected chi connectivity index (χ2v) is 6.50. The summed E-state index contributed by atoms with van der Waals surface area (Å²) in [7, 11) is 0. The molecule has 0 saturated heterocycles. The van der Waals surface area contributed by atoms with Gasteiger partial charge in [-0.3, -0.25) is 0 Å². The van der Waals surface area contributed by atoms with Gasteiger partial charge in [-0.1, -0.05) is 60.1 Å². The molecule has 3 rings (SSSR count). The number of guanidine groups is 1. The van der Waals surface area contributed by atoms with Gasteiger partial charge in [-0.05, 0) is 24.1 Å². The largest absolute Gasteiger partial charge is 0.357 e. The van der Waals surface area contributed by atoms with Crippen molar-refractivity contribution in [3.8, 4) is 0 Å². The minimum atomic E-state index is 0. The molecule has 0 aliphatic carbocycles. The van der Waals surface area contributed by atoms with Crippen molar-refractivity contribution in [3.05, 3.63) is 89.0 Å². The minimum absolute atomic E-state index is 0. The smallest absolute Gasteiger partial charge is 0.191 e. The third kappa shape index (κ3) is 6.53. The highest BCUT2D eigenvalue weighted by molar-refractivity contribution is 14.0. The molecule has 0 amide bonds. The van der Waals surface area contributed by atoms with Crippen molar-refractivity contribution in [1.29, 1.82) is 0 Å². The Morgan fingerprint density at radius 2 is 1.82 bits per heavy atom. The highest BCUT2D eigenvalue weighted by Crippen LogP contribution is 2.15. The van der Waals surface area contributed by atoms with Gasteiger partial charge in [0.25, 0.3) is 0 Å². The molecule has 5 nitrogen and oxygen atoms in total. The molecule has 1 heterocycles. The lowest BCUT2D eigenvalue weighted by Gasteiger charge is -2.13. The number of nitrogens with zero attached hydrogens (tertiary/aromatic N) is 3. The van der Waals surface area contributed by atoms with E-state index < -0.39 is 0 Å². The molecule has 0 atom stereocenters. The van der Waals surface area contributed by atoms with Crippen LogP contribution in [0.4, 0.5) is 0 Å². The van der Waals surface area contributed by atoms with Gasteiger partial charge in [0.1, 0.15) is 5.82 Å². The van der Waals surface area contributed by atoms with Crippen LogP contribution < -0.4 is 10.6 Å². The van der Waals surface area contributed by atoms with Gasteiger partial charge in [0.05, 0.1) is 13.1 Å². The van der Waals surface area contributed by atoms with Crippen molar-refractivity contribution < 1.29 is 0 Å². The van der Waals surface area contributed by atoms with Crippen LogP contribution in [0.1, 0.15) is 23.9 Å². The van der Waals surface area contributed by atoms with Crippen molar-refractivity contribution in [3.63, 3.8) is 0 Å². The molecule has 148 valence electrons. The van der Waals surface area contributed by atoms with Gasteiger partial charge in [-0.15, -0.1) is 24.0 Å². The van der Waals surface area contributed by atoms with Gasteiger partial charge in [0, 0.05) is 30.5 Å². The number of aliphatic imine (C=N–C) groups is 1. The molecule has 0 aliphatic heterocycles. The van der Waals surface area contributed by atoms with E-state index in [0.29, 0.717) is 13.1 Å². The normalized spacial score (nSPS) is 11.0. The first-order chi connectivity index (χ1) is 13.3. The average Bonchev–Trinajstić information content (AvgIpc) is 3.13. The fourth-order valence-corrected chi connectivity index (χ4v) is 2.92. The van der Waals surface area contributed by atoms with E-state index in [-0.39, 0.29) is 24.0 Å². The first-order valence-electron chi connectivity index (χ1n) is 9.05. The predicted octanol–water partition coefficient (Wildman–Crippen LogP) is 4.46. The van der Waals surface area contributed by atoms with Crippen LogP contribution in [-0.2, 0) is 19.6 Å². The van der Waals surface area contributed by atoms with Crippen LogP contribution in [0, 0.1) is 0 Å². The molecule has 0 bridgehead atoms. The Hall–Kier alpha value is -2.06. The standard InChI is InChI=1S/C21H24ClN5.HI/c1-2-23-21(25-14-18-10-6-7-11-19(18)22)26-15-20-24-12-13-27(20)16-17-8-4-3-5-9-17;/h3-13H,2,14-16H2,1H3,(H2,23,25,26);1H. The summed E-state index contributed by atoms with van der Waals surface area (Å²) in [5.74, 6) is 1.70. The Balaban J connectivity index is 0.00000280. The van der Waals surface area contributed by atoms with Crippen molar-refractivity contribution in [2.45, 2.75) is 26.6 Å². The van der Waals surface area contributed by atoms with Gasteiger partial charge in [-0.25, -0.2) is 9.98 Å². The minimum Gasteiger partial charge on any atom is -0.357 e. The average molecular weight is 510 g/mol. The number of rotatable bonds is 7. The molecule has 3 aromatic rings. The zero-order chi connectivity index (χ0) is 18.9. The lowest BCUT2D eigenvalue weighted by molar-refractivity contribution is 0.688. The maximum absolute atomic E-state index is 6.22. The Morgan fingerprint density at radius 3 is 2.57 bits per heavy atom. The molecule has 7 heteroatoms. The van der Waals surface area contributed by atoms with E-state index in [2.05, 4.69) is 49.4 Å². The fraction of sp³-hybridized carbons (Fsp3) is 0.238.